The molecule has 3 rings (SSSR count). The zero-order valence-corrected chi connectivity index (χ0v) is 14.2. The number of hydrogen-bond donors (Lipinski definition) is 1. The molecule has 2 aromatic carbocycles. The Morgan fingerprint density at radius 3 is 2.80 bits per heavy atom. The van der Waals surface area contributed by atoms with Crippen molar-refractivity contribution in [3.63, 3.8) is 0 Å². The van der Waals surface area contributed by atoms with Crippen molar-refractivity contribution in [3.05, 3.63) is 66.2 Å². The third-order valence-corrected chi connectivity index (χ3v) is 3.69. The van der Waals surface area contributed by atoms with Crippen molar-refractivity contribution in [3.8, 4) is 11.4 Å². The maximum absolute atomic E-state index is 12.2. The zero-order valence-electron chi connectivity index (χ0n) is 13.4. The van der Waals surface area contributed by atoms with Gasteiger partial charge in [-0.2, -0.15) is 5.10 Å². The molecule has 1 N–H and O–H groups in total. The van der Waals surface area contributed by atoms with E-state index in [9.17, 15) is 4.79 Å². The van der Waals surface area contributed by atoms with Crippen LogP contribution in [0, 0.1) is 0 Å². The average Bonchev–Trinajstić information content (AvgIpc) is 3.14. The maximum atomic E-state index is 12.2. The second-order valence-corrected chi connectivity index (χ2v) is 5.75. The number of nitrogens with zero attached hydrogens (tertiary/aromatic N) is 3. The first kappa shape index (κ1) is 17.0. The van der Waals surface area contributed by atoms with E-state index in [0.29, 0.717) is 35.8 Å². The van der Waals surface area contributed by atoms with Crippen molar-refractivity contribution in [1.82, 2.24) is 14.8 Å². The summed E-state index contributed by atoms with van der Waals surface area (Å²) in [6, 6.07) is 14.7. The van der Waals surface area contributed by atoms with Gasteiger partial charge in [-0.1, -0.05) is 29.8 Å². The first-order valence-electron chi connectivity index (χ1n) is 7.84. The van der Waals surface area contributed by atoms with Gasteiger partial charge in [-0.05, 0) is 36.8 Å². The fourth-order valence-corrected chi connectivity index (χ4v) is 2.47. The molecular weight excluding hydrogens is 340 g/mol. The van der Waals surface area contributed by atoms with Gasteiger partial charge in [-0.25, -0.2) is 9.67 Å². The lowest BCUT2D eigenvalue weighted by molar-refractivity contribution is -0.116. The highest BCUT2D eigenvalue weighted by Gasteiger charge is 2.10. The van der Waals surface area contributed by atoms with Gasteiger partial charge in [0.2, 0.25) is 5.91 Å². The topological polar surface area (TPSA) is 69.0 Å². The summed E-state index contributed by atoms with van der Waals surface area (Å²) >= 11 is 6.04. The number of hydrogen-bond acceptors (Lipinski definition) is 4. The maximum Gasteiger partial charge on any atom is 0.224 e. The third-order valence-electron chi connectivity index (χ3n) is 3.46. The van der Waals surface area contributed by atoms with Gasteiger partial charge in [-0.15, -0.1) is 0 Å². The van der Waals surface area contributed by atoms with Gasteiger partial charge < -0.3 is 10.1 Å². The van der Waals surface area contributed by atoms with E-state index in [2.05, 4.69) is 15.4 Å². The number of aromatic nitrogens is 3. The summed E-state index contributed by atoms with van der Waals surface area (Å²) in [5.74, 6) is 0.687. The van der Waals surface area contributed by atoms with Gasteiger partial charge in [0.25, 0.3) is 0 Å². The number of halogens is 1. The second-order valence-electron chi connectivity index (χ2n) is 5.31. The van der Waals surface area contributed by atoms with Crippen LogP contribution in [-0.2, 0) is 4.79 Å². The Balaban J connectivity index is 1.55. The van der Waals surface area contributed by atoms with E-state index in [4.69, 9.17) is 16.3 Å². The lowest BCUT2D eigenvalue weighted by atomic mass is 10.2. The SMILES string of the molecule is O=C(CCCOc1ccccc1)Nc1cc(Cl)ccc1-n1cncn1. The van der Waals surface area contributed by atoms with Gasteiger partial charge >= 0.3 is 0 Å². The van der Waals surface area contributed by atoms with Crippen LogP contribution in [0.2, 0.25) is 5.02 Å². The molecular formula is C18H17ClN4O2. The first-order chi connectivity index (χ1) is 12.2. The highest BCUT2D eigenvalue weighted by atomic mass is 35.5. The highest BCUT2D eigenvalue weighted by Crippen LogP contribution is 2.24. The van der Waals surface area contributed by atoms with Crippen LogP contribution < -0.4 is 10.1 Å². The number of anilines is 1. The van der Waals surface area contributed by atoms with Crippen LogP contribution in [0.25, 0.3) is 5.69 Å². The van der Waals surface area contributed by atoms with E-state index in [1.165, 1.54) is 6.33 Å². The van der Waals surface area contributed by atoms with Crippen molar-refractivity contribution in [2.45, 2.75) is 12.8 Å². The molecule has 1 aromatic heterocycles. The van der Waals surface area contributed by atoms with Crippen LogP contribution in [0.3, 0.4) is 0 Å². The van der Waals surface area contributed by atoms with E-state index in [1.54, 1.807) is 29.2 Å². The third kappa shape index (κ3) is 4.81. The van der Waals surface area contributed by atoms with Crippen LogP contribution in [0.15, 0.2) is 61.2 Å². The molecule has 0 atom stereocenters. The first-order valence-corrected chi connectivity index (χ1v) is 8.22. The molecule has 1 amide bonds. The number of rotatable bonds is 7. The molecule has 0 aliphatic rings. The van der Waals surface area contributed by atoms with Crippen molar-refractivity contribution >= 4 is 23.2 Å². The lowest BCUT2D eigenvalue weighted by Gasteiger charge is -2.11. The Morgan fingerprint density at radius 2 is 2.04 bits per heavy atom. The number of amides is 1. The largest absolute Gasteiger partial charge is 0.494 e. The molecule has 0 unspecified atom stereocenters. The van der Waals surface area contributed by atoms with Crippen molar-refractivity contribution in [1.29, 1.82) is 0 Å². The predicted octanol–water partition coefficient (Wildman–Crippen LogP) is 3.72. The Bertz CT molecular complexity index is 822. The van der Waals surface area contributed by atoms with Crippen molar-refractivity contribution in [2.75, 3.05) is 11.9 Å². The lowest BCUT2D eigenvalue weighted by Crippen LogP contribution is -2.14. The molecule has 0 bridgehead atoms. The molecule has 7 heteroatoms. The Kier molecular flexibility index (Phi) is 5.64. The molecule has 0 aliphatic carbocycles. The van der Waals surface area contributed by atoms with Gasteiger partial charge in [0.1, 0.15) is 18.4 Å². The summed E-state index contributed by atoms with van der Waals surface area (Å²) in [4.78, 5) is 16.1. The summed E-state index contributed by atoms with van der Waals surface area (Å²) in [5, 5.41) is 7.49. The van der Waals surface area contributed by atoms with E-state index in [-0.39, 0.29) is 5.91 Å². The minimum absolute atomic E-state index is 0.111. The quantitative estimate of drug-likeness (QED) is 0.655. The number of nitrogens with one attached hydrogen (secondary N) is 1. The Hall–Kier alpha value is -2.86. The number of ether oxygens (including phenoxy) is 1. The van der Waals surface area contributed by atoms with Crippen LogP contribution >= 0.6 is 11.6 Å². The van der Waals surface area contributed by atoms with E-state index in [0.717, 1.165) is 5.75 Å². The molecule has 6 nitrogen and oxygen atoms in total. The monoisotopic (exact) mass is 356 g/mol. The minimum atomic E-state index is -0.111. The smallest absolute Gasteiger partial charge is 0.224 e. The zero-order chi connectivity index (χ0) is 17.5. The number of benzene rings is 2. The van der Waals surface area contributed by atoms with E-state index in [1.807, 2.05) is 30.3 Å². The Morgan fingerprint density at radius 1 is 1.20 bits per heavy atom. The summed E-state index contributed by atoms with van der Waals surface area (Å²) in [6.45, 7) is 0.475. The van der Waals surface area contributed by atoms with E-state index < -0.39 is 0 Å². The molecule has 25 heavy (non-hydrogen) atoms. The van der Waals surface area contributed by atoms with Gasteiger partial charge in [0.15, 0.2) is 0 Å². The molecule has 0 radical (unpaired) electrons. The fraction of sp³-hybridized carbons (Fsp3) is 0.167. The minimum Gasteiger partial charge on any atom is -0.494 e. The summed E-state index contributed by atoms with van der Waals surface area (Å²) in [6.07, 6.45) is 3.95. The molecule has 1 heterocycles. The van der Waals surface area contributed by atoms with Crippen LogP contribution in [0.1, 0.15) is 12.8 Å². The van der Waals surface area contributed by atoms with Crippen molar-refractivity contribution < 1.29 is 9.53 Å². The van der Waals surface area contributed by atoms with Gasteiger partial charge in [0.05, 0.1) is 18.0 Å². The van der Waals surface area contributed by atoms with Gasteiger partial charge in [-0.3, -0.25) is 4.79 Å². The average molecular weight is 357 g/mol. The Labute approximate surface area is 150 Å². The number of carbonyl (C=O) groups is 1. The number of carbonyl (C=O) groups excluding carboxylic acids is 1. The summed E-state index contributed by atoms with van der Waals surface area (Å²) in [5.41, 5.74) is 1.29. The molecule has 0 saturated carbocycles. The molecule has 0 aliphatic heterocycles. The van der Waals surface area contributed by atoms with Crippen LogP contribution in [0.5, 0.6) is 5.75 Å². The molecule has 128 valence electrons. The summed E-state index contributed by atoms with van der Waals surface area (Å²) < 4.78 is 7.16. The molecule has 3 aromatic rings. The highest BCUT2D eigenvalue weighted by molar-refractivity contribution is 6.31. The second kappa shape index (κ2) is 8.30. The molecule has 0 saturated heterocycles. The predicted molar refractivity (Wildman–Crippen MR) is 96.2 cm³/mol. The number of para-hydroxylation sites is 1. The normalized spacial score (nSPS) is 10.4. The standard InChI is InChI=1S/C18H17ClN4O2/c19-14-8-9-17(23-13-20-12-21-23)16(11-14)22-18(24)7-4-10-25-15-5-2-1-3-6-15/h1-3,5-6,8-9,11-13H,4,7,10H2,(H,22,24). The molecule has 0 spiro atoms. The fourth-order valence-electron chi connectivity index (χ4n) is 2.29. The summed E-state index contributed by atoms with van der Waals surface area (Å²) in [7, 11) is 0. The van der Waals surface area contributed by atoms with E-state index >= 15 is 0 Å². The van der Waals surface area contributed by atoms with Crippen LogP contribution in [-0.4, -0.2) is 27.3 Å². The van der Waals surface area contributed by atoms with Crippen LogP contribution in [0.4, 0.5) is 5.69 Å². The van der Waals surface area contributed by atoms with Crippen molar-refractivity contribution in [2.24, 2.45) is 0 Å². The van der Waals surface area contributed by atoms with Gasteiger partial charge in [0, 0.05) is 11.4 Å². The molecule has 0 fully saturated rings.